The SMILES string of the molecule is CC(C)c1ncc(Cl)c(C(=O)Nn2cccc2)n1. The molecule has 0 aromatic carbocycles. The van der Waals surface area contributed by atoms with Crippen LogP contribution in [-0.2, 0) is 0 Å². The lowest BCUT2D eigenvalue weighted by atomic mass is 10.2. The van der Waals surface area contributed by atoms with Crippen molar-refractivity contribution >= 4 is 17.5 Å². The highest BCUT2D eigenvalue weighted by Crippen LogP contribution is 2.16. The summed E-state index contributed by atoms with van der Waals surface area (Å²) in [5, 5.41) is 0.240. The molecule has 94 valence electrons. The summed E-state index contributed by atoms with van der Waals surface area (Å²) in [6.07, 6.45) is 4.89. The van der Waals surface area contributed by atoms with Gasteiger partial charge >= 0.3 is 0 Å². The lowest BCUT2D eigenvalue weighted by Gasteiger charge is -2.09. The molecule has 0 saturated heterocycles. The van der Waals surface area contributed by atoms with Gasteiger partial charge in [0.2, 0.25) is 0 Å². The number of hydrogen-bond donors (Lipinski definition) is 1. The Morgan fingerprint density at radius 3 is 2.67 bits per heavy atom. The van der Waals surface area contributed by atoms with E-state index in [2.05, 4.69) is 15.4 Å². The van der Waals surface area contributed by atoms with Crippen LogP contribution in [-0.4, -0.2) is 20.6 Å². The Bertz CT molecular complexity index is 551. The quantitative estimate of drug-likeness (QED) is 0.926. The number of carbonyl (C=O) groups excluding carboxylic acids is 1. The van der Waals surface area contributed by atoms with Gasteiger partial charge in [-0.25, -0.2) is 9.97 Å². The molecule has 0 aliphatic rings. The molecule has 18 heavy (non-hydrogen) atoms. The van der Waals surface area contributed by atoms with Gasteiger partial charge in [0.05, 0.1) is 11.2 Å². The molecule has 5 nitrogen and oxygen atoms in total. The molecule has 2 aromatic rings. The topological polar surface area (TPSA) is 59.8 Å². The molecule has 0 saturated carbocycles. The minimum atomic E-state index is -0.361. The van der Waals surface area contributed by atoms with E-state index >= 15 is 0 Å². The predicted octanol–water partition coefficient (Wildman–Crippen LogP) is 2.44. The Kier molecular flexibility index (Phi) is 3.62. The zero-order valence-electron chi connectivity index (χ0n) is 10.1. The number of nitrogens with zero attached hydrogens (tertiary/aromatic N) is 3. The maximum absolute atomic E-state index is 12.0. The fraction of sp³-hybridized carbons (Fsp3) is 0.250. The van der Waals surface area contributed by atoms with E-state index in [1.165, 1.54) is 10.9 Å². The van der Waals surface area contributed by atoms with Gasteiger partial charge in [-0.05, 0) is 12.1 Å². The van der Waals surface area contributed by atoms with Crippen LogP contribution >= 0.6 is 11.6 Å². The maximum Gasteiger partial charge on any atom is 0.290 e. The molecule has 0 unspecified atom stereocenters. The van der Waals surface area contributed by atoms with E-state index in [1.54, 1.807) is 24.5 Å². The molecule has 0 fully saturated rings. The summed E-state index contributed by atoms with van der Waals surface area (Å²) in [6, 6.07) is 3.61. The van der Waals surface area contributed by atoms with Crippen molar-refractivity contribution in [2.45, 2.75) is 19.8 Å². The Morgan fingerprint density at radius 1 is 1.39 bits per heavy atom. The van der Waals surface area contributed by atoms with Gasteiger partial charge in [-0.15, -0.1) is 0 Å². The molecular formula is C12H13ClN4O. The van der Waals surface area contributed by atoms with Gasteiger partial charge in [-0.3, -0.25) is 14.9 Å². The third kappa shape index (κ3) is 2.68. The zero-order chi connectivity index (χ0) is 13.1. The largest absolute Gasteiger partial charge is 0.290 e. The van der Waals surface area contributed by atoms with Gasteiger partial charge in [0.25, 0.3) is 5.91 Å². The molecule has 0 spiro atoms. The lowest BCUT2D eigenvalue weighted by Crippen LogP contribution is -2.23. The van der Waals surface area contributed by atoms with Crippen LogP contribution in [0.5, 0.6) is 0 Å². The second kappa shape index (κ2) is 5.18. The highest BCUT2D eigenvalue weighted by Gasteiger charge is 2.15. The van der Waals surface area contributed by atoms with E-state index in [4.69, 9.17) is 11.6 Å². The standard InChI is InChI=1S/C12H13ClN4O/c1-8(2)11-14-7-9(13)10(15-11)12(18)16-17-5-3-4-6-17/h3-8H,1-2H3,(H,16,18). The number of carbonyl (C=O) groups is 1. The van der Waals surface area contributed by atoms with Crippen LogP contribution in [0, 0.1) is 0 Å². The van der Waals surface area contributed by atoms with E-state index in [1.807, 2.05) is 13.8 Å². The molecule has 1 amide bonds. The van der Waals surface area contributed by atoms with E-state index in [0.29, 0.717) is 5.82 Å². The first-order valence-electron chi connectivity index (χ1n) is 5.54. The van der Waals surface area contributed by atoms with Gasteiger partial charge in [-0.1, -0.05) is 25.4 Å². The number of aromatic nitrogens is 3. The molecule has 1 N–H and O–H groups in total. The van der Waals surface area contributed by atoms with Gasteiger partial charge in [-0.2, -0.15) is 0 Å². The first-order chi connectivity index (χ1) is 8.58. The van der Waals surface area contributed by atoms with E-state index in [-0.39, 0.29) is 22.5 Å². The monoisotopic (exact) mass is 264 g/mol. The number of rotatable bonds is 3. The van der Waals surface area contributed by atoms with Crippen LogP contribution in [0.1, 0.15) is 36.1 Å². The Balaban J connectivity index is 2.26. The van der Waals surface area contributed by atoms with Crippen molar-refractivity contribution < 1.29 is 4.79 Å². The van der Waals surface area contributed by atoms with Crippen LogP contribution in [0.15, 0.2) is 30.7 Å². The molecule has 2 heterocycles. The van der Waals surface area contributed by atoms with Gasteiger partial charge in [0.15, 0.2) is 5.69 Å². The summed E-state index contributed by atoms with van der Waals surface area (Å²) in [5.74, 6) is 0.373. The molecule has 0 atom stereocenters. The highest BCUT2D eigenvalue weighted by atomic mass is 35.5. The van der Waals surface area contributed by atoms with Gasteiger partial charge < -0.3 is 0 Å². The average Bonchev–Trinajstić information content (AvgIpc) is 2.81. The molecule has 0 aliphatic carbocycles. The van der Waals surface area contributed by atoms with Gasteiger partial charge in [0.1, 0.15) is 5.82 Å². The normalized spacial score (nSPS) is 10.7. The summed E-state index contributed by atoms with van der Waals surface area (Å²) in [5.41, 5.74) is 2.83. The highest BCUT2D eigenvalue weighted by molar-refractivity contribution is 6.33. The Morgan fingerprint density at radius 2 is 2.06 bits per heavy atom. The minimum absolute atomic E-state index is 0.139. The molecule has 2 aromatic heterocycles. The van der Waals surface area contributed by atoms with Crippen molar-refractivity contribution in [3.05, 3.63) is 47.3 Å². The third-order valence-corrected chi connectivity index (χ3v) is 2.61. The Hall–Kier alpha value is -1.88. The van der Waals surface area contributed by atoms with Crippen molar-refractivity contribution in [2.24, 2.45) is 0 Å². The van der Waals surface area contributed by atoms with Gasteiger partial charge in [0, 0.05) is 18.3 Å². The first kappa shape index (κ1) is 12.6. The van der Waals surface area contributed by atoms with Crippen molar-refractivity contribution in [1.82, 2.24) is 14.6 Å². The summed E-state index contributed by atoms with van der Waals surface area (Å²) in [7, 11) is 0. The molecule has 0 radical (unpaired) electrons. The predicted molar refractivity (Wildman–Crippen MR) is 69.3 cm³/mol. The summed E-state index contributed by atoms with van der Waals surface area (Å²) >= 11 is 5.94. The average molecular weight is 265 g/mol. The molecule has 0 bridgehead atoms. The first-order valence-corrected chi connectivity index (χ1v) is 5.92. The van der Waals surface area contributed by atoms with Crippen LogP contribution in [0.25, 0.3) is 0 Å². The third-order valence-electron chi connectivity index (χ3n) is 2.33. The number of halogens is 1. The van der Waals surface area contributed by atoms with Crippen molar-refractivity contribution in [1.29, 1.82) is 0 Å². The second-order valence-electron chi connectivity index (χ2n) is 4.11. The lowest BCUT2D eigenvalue weighted by molar-refractivity contribution is 0.100. The molecule has 6 heteroatoms. The van der Waals surface area contributed by atoms with Crippen molar-refractivity contribution in [3.8, 4) is 0 Å². The summed E-state index contributed by atoms with van der Waals surface area (Å²) in [4.78, 5) is 20.3. The fourth-order valence-corrected chi connectivity index (χ4v) is 1.57. The summed E-state index contributed by atoms with van der Waals surface area (Å²) < 4.78 is 1.54. The smallest absolute Gasteiger partial charge is 0.268 e. The van der Waals surface area contributed by atoms with Crippen LogP contribution in [0.2, 0.25) is 5.02 Å². The van der Waals surface area contributed by atoms with Crippen LogP contribution < -0.4 is 5.43 Å². The minimum Gasteiger partial charge on any atom is -0.268 e. The number of hydrogen-bond acceptors (Lipinski definition) is 3. The van der Waals surface area contributed by atoms with Crippen LogP contribution in [0.3, 0.4) is 0 Å². The second-order valence-corrected chi connectivity index (χ2v) is 4.52. The fourth-order valence-electron chi connectivity index (χ4n) is 1.40. The Labute approximate surface area is 110 Å². The zero-order valence-corrected chi connectivity index (χ0v) is 10.8. The summed E-state index contributed by atoms with van der Waals surface area (Å²) in [6.45, 7) is 3.91. The number of amides is 1. The van der Waals surface area contributed by atoms with Crippen molar-refractivity contribution in [2.75, 3.05) is 5.43 Å². The number of nitrogens with one attached hydrogen (secondary N) is 1. The molecule has 0 aliphatic heterocycles. The van der Waals surface area contributed by atoms with Crippen LogP contribution in [0.4, 0.5) is 0 Å². The van der Waals surface area contributed by atoms with E-state index in [0.717, 1.165) is 0 Å². The molecule has 2 rings (SSSR count). The maximum atomic E-state index is 12.0. The van der Waals surface area contributed by atoms with E-state index in [9.17, 15) is 4.79 Å². The van der Waals surface area contributed by atoms with E-state index < -0.39 is 0 Å². The van der Waals surface area contributed by atoms with Crippen molar-refractivity contribution in [3.63, 3.8) is 0 Å². The molecular weight excluding hydrogens is 252 g/mol.